The molecule has 0 aliphatic carbocycles. The van der Waals surface area contributed by atoms with E-state index in [1.807, 2.05) is 0 Å². The normalized spacial score (nSPS) is 12.0. The van der Waals surface area contributed by atoms with Crippen molar-refractivity contribution >= 4 is 46.9 Å². The van der Waals surface area contributed by atoms with Crippen molar-refractivity contribution in [2.24, 2.45) is 0 Å². The van der Waals surface area contributed by atoms with Crippen LogP contribution in [0.25, 0.3) is 6.08 Å². The van der Waals surface area contributed by atoms with Gasteiger partial charge in [-0.3, -0.25) is 14.4 Å². The van der Waals surface area contributed by atoms with Crippen LogP contribution in [0.5, 0.6) is 5.75 Å². The number of halogens is 3. The van der Waals surface area contributed by atoms with E-state index in [2.05, 4.69) is 16.0 Å². The molecule has 3 amide bonds. The van der Waals surface area contributed by atoms with Crippen molar-refractivity contribution in [1.29, 1.82) is 0 Å². The summed E-state index contributed by atoms with van der Waals surface area (Å²) in [5.74, 6) is -1.20. The maximum atomic E-state index is 13.7. The van der Waals surface area contributed by atoms with Crippen LogP contribution in [0.2, 0.25) is 0 Å². The maximum Gasteiger partial charge on any atom is 0.418 e. The molecule has 0 aliphatic heterocycles. The molecule has 49 heavy (non-hydrogen) atoms. The van der Waals surface area contributed by atoms with Gasteiger partial charge in [0.25, 0.3) is 11.8 Å². The minimum absolute atomic E-state index is 0.0370. The summed E-state index contributed by atoms with van der Waals surface area (Å²) in [5, 5.41) is 7.01. The molecule has 1 atom stereocenters. The molecular weight excluding hydrogens is 651 g/mol. The van der Waals surface area contributed by atoms with E-state index in [0.717, 1.165) is 17.8 Å². The maximum absolute atomic E-state index is 13.7. The molecule has 0 aliphatic rings. The van der Waals surface area contributed by atoms with Crippen LogP contribution in [0.15, 0.2) is 144 Å². The third-order valence-electron chi connectivity index (χ3n) is 7.11. The Hall–Kier alpha value is -5.81. The second kappa shape index (κ2) is 15.9. The van der Waals surface area contributed by atoms with Gasteiger partial charge in [0.1, 0.15) is 16.7 Å². The lowest BCUT2D eigenvalue weighted by Gasteiger charge is -2.19. The number of methoxy groups -OCH3 is 1. The molecule has 7 nitrogen and oxygen atoms in total. The highest BCUT2D eigenvalue weighted by Crippen LogP contribution is 2.39. The van der Waals surface area contributed by atoms with E-state index >= 15 is 0 Å². The Morgan fingerprint density at radius 2 is 1.43 bits per heavy atom. The Morgan fingerprint density at radius 1 is 0.755 bits per heavy atom. The summed E-state index contributed by atoms with van der Waals surface area (Å²) in [4.78, 5) is 40.8. The number of amides is 3. The Kier molecular flexibility index (Phi) is 11.2. The van der Waals surface area contributed by atoms with Crippen molar-refractivity contribution in [3.8, 4) is 5.75 Å². The smallest absolute Gasteiger partial charge is 0.418 e. The number of carbonyl (C=O) groups is 3. The molecule has 0 aromatic heterocycles. The summed E-state index contributed by atoms with van der Waals surface area (Å²) >= 11 is 1.10. The van der Waals surface area contributed by atoms with E-state index < -0.39 is 34.7 Å². The highest BCUT2D eigenvalue weighted by atomic mass is 32.2. The number of ether oxygens (including phenoxy) is 1. The van der Waals surface area contributed by atoms with Gasteiger partial charge in [-0.2, -0.15) is 13.2 Å². The van der Waals surface area contributed by atoms with Crippen LogP contribution >= 0.6 is 11.8 Å². The SMILES string of the molecule is COc1cccc(/C=C(\NC(=O)c2ccccc2)C(=O)Nc2cccc(SC(C(=O)Nc3ccccc3C(F)(F)F)c3ccccc3)c2)c1. The molecule has 5 rings (SSSR count). The number of carbonyl (C=O) groups excluding carboxylic acids is 3. The fourth-order valence-electron chi connectivity index (χ4n) is 4.76. The predicted molar refractivity (Wildman–Crippen MR) is 185 cm³/mol. The minimum atomic E-state index is -4.66. The van der Waals surface area contributed by atoms with Gasteiger partial charge >= 0.3 is 6.18 Å². The molecule has 0 bridgehead atoms. The topological polar surface area (TPSA) is 96.5 Å². The van der Waals surface area contributed by atoms with Gasteiger partial charge in [-0.1, -0.05) is 78.9 Å². The average molecular weight is 682 g/mol. The summed E-state index contributed by atoms with van der Waals surface area (Å²) in [6.45, 7) is 0. The first-order chi connectivity index (χ1) is 23.6. The molecule has 0 radical (unpaired) electrons. The quantitative estimate of drug-likeness (QED) is 0.0959. The van der Waals surface area contributed by atoms with Crippen LogP contribution in [0, 0.1) is 0 Å². The lowest BCUT2D eigenvalue weighted by atomic mass is 10.1. The molecule has 5 aromatic rings. The Labute approximate surface area is 285 Å². The molecule has 248 valence electrons. The lowest BCUT2D eigenvalue weighted by molar-refractivity contribution is -0.137. The fraction of sp³-hybridized carbons (Fsp3) is 0.0789. The summed E-state index contributed by atoms with van der Waals surface area (Å²) < 4.78 is 46.3. The Balaban J connectivity index is 1.40. The number of hydrogen-bond donors (Lipinski definition) is 3. The van der Waals surface area contributed by atoms with Gasteiger partial charge in [-0.15, -0.1) is 11.8 Å². The number of nitrogens with one attached hydrogen (secondary N) is 3. The second-order valence-corrected chi connectivity index (χ2v) is 11.8. The van der Waals surface area contributed by atoms with E-state index in [1.54, 1.807) is 109 Å². The van der Waals surface area contributed by atoms with Crippen molar-refractivity contribution < 1.29 is 32.3 Å². The van der Waals surface area contributed by atoms with Crippen LogP contribution in [-0.4, -0.2) is 24.8 Å². The van der Waals surface area contributed by atoms with Crippen molar-refractivity contribution in [3.05, 3.63) is 161 Å². The van der Waals surface area contributed by atoms with Gasteiger partial charge in [-0.25, -0.2) is 0 Å². The first-order valence-electron chi connectivity index (χ1n) is 14.9. The molecule has 0 spiro atoms. The highest BCUT2D eigenvalue weighted by Gasteiger charge is 2.34. The van der Waals surface area contributed by atoms with Gasteiger partial charge in [0.15, 0.2) is 0 Å². The van der Waals surface area contributed by atoms with Crippen LogP contribution in [0.3, 0.4) is 0 Å². The monoisotopic (exact) mass is 681 g/mol. The van der Waals surface area contributed by atoms with Gasteiger partial charge in [-0.05, 0) is 71.8 Å². The summed E-state index contributed by atoms with van der Waals surface area (Å²) in [6, 6.07) is 35.5. The van der Waals surface area contributed by atoms with Crippen LogP contribution in [-0.2, 0) is 15.8 Å². The molecule has 3 N–H and O–H groups in total. The molecule has 1 unspecified atom stereocenters. The third kappa shape index (κ3) is 9.39. The number of alkyl halides is 3. The lowest BCUT2D eigenvalue weighted by Crippen LogP contribution is -2.30. The number of thioether (sulfide) groups is 1. The summed E-state index contributed by atoms with van der Waals surface area (Å²) in [7, 11) is 1.52. The zero-order valence-corrected chi connectivity index (χ0v) is 26.8. The van der Waals surface area contributed by atoms with E-state index in [1.165, 1.54) is 31.4 Å². The van der Waals surface area contributed by atoms with E-state index in [0.29, 0.717) is 33.0 Å². The molecule has 11 heteroatoms. The van der Waals surface area contributed by atoms with Gasteiger partial charge in [0.2, 0.25) is 5.91 Å². The number of benzene rings is 5. The van der Waals surface area contributed by atoms with Crippen LogP contribution < -0.4 is 20.7 Å². The Bertz CT molecular complexity index is 1970. The zero-order valence-electron chi connectivity index (χ0n) is 26.0. The number of anilines is 2. The highest BCUT2D eigenvalue weighted by molar-refractivity contribution is 8.00. The van der Waals surface area contributed by atoms with Crippen LogP contribution in [0.1, 0.15) is 32.3 Å². The first kappa shape index (κ1) is 34.5. The number of hydrogen-bond acceptors (Lipinski definition) is 5. The van der Waals surface area contributed by atoms with Gasteiger partial charge in [0.05, 0.1) is 18.4 Å². The second-order valence-electron chi connectivity index (χ2n) is 10.6. The van der Waals surface area contributed by atoms with Crippen LogP contribution in [0.4, 0.5) is 24.5 Å². The standard InChI is InChI=1S/C38H30F3N3O4S/c1-48-29-18-10-12-25(22-29)23-33(44-35(45)27-15-6-3-7-16-27)36(46)42-28-17-11-19-30(24-28)49-34(26-13-4-2-5-14-26)37(47)43-32-21-9-8-20-31(32)38(39,40)41/h2-24,34H,1H3,(H,42,46)(H,43,47)(H,44,45)/b33-23-. The fourth-order valence-corrected chi connectivity index (χ4v) is 5.84. The van der Waals surface area contributed by atoms with Crippen molar-refractivity contribution in [1.82, 2.24) is 5.32 Å². The molecule has 0 saturated heterocycles. The molecule has 5 aromatic carbocycles. The van der Waals surface area contributed by atoms with Crippen molar-refractivity contribution in [3.63, 3.8) is 0 Å². The van der Waals surface area contributed by atoms with E-state index in [-0.39, 0.29) is 11.4 Å². The van der Waals surface area contributed by atoms with Crippen molar-refractivity contribution in [2.45, 2.75) is 16.3 Å². The van der Waals surface area contributed by atoms with Gasteiger partial charge in [0, 0.05) is 16.1 Å². The molecule has 0 saturated carbocycles. The minimum Gasteiger partial charge on any atom is -0.497 e. The largest absolute Gasteiger partial charge is 0.497 e. The van der Waals surface area contributed by atoms with Gasteiger partial charge < -0.3 is 20.7 Å². The third-order valence-corrected chi connectivity index (χ3v) is 8.36. The summed E-state index contributed by atoms with van der Waals surface area (Å²) in [6.07, 6.45) is -3.14. The average Bonchev–Trinajstić information content (AvgIpc) is 3.11. The Morgan fingerprint density at radius 3 is 2.14 bits per heavy atom. The van der Waals surface area contributed by atoms with E-state index in [9.17, 15) is 27.6 Å². The van der Waals surface area contributed by atoms with Crippen molar-refractivity contribution in [2.75, 3.05) is 17.7 Å². The number of para-hydroxylation sites is 1. The molecular formula is C38H30F3N3O4S. The number of rotatable bonds is 11. The van der Waals surface area contributed by atoms with E-state index in [4.69, 9.17) is 4.74 Å². The molecule has 0 heterocycles. The molecule has 0 fully saturated rings. The predicted octanol–water partition coefficient (Wildman–Crippen LogP) is 8.60. The zero-order chi connectivity index (χ0) is 34.8. The summed E-state index contributed by atoms with van der Waals surface area (Å²) in [5.41, 5.74) is 0.535. The first-order valence-corrected chi connectivity index (χ1v) is 15.8.